The van der Waals surface area contributed by atoms with Crippen molar-refractivity contribution in [2.24, 2.45) is 0 Å². The lowest BCUT2D eigenvalue weighted by Crippen LogP contribution is -2.35. The summed E-state index contributed by atoms with van der Waals surface area (Å²) in [5, 5.41) is 22.1. The van der Waals surface area contributed by atoms with E-state index in [0.717, 1.165) is 12.7 Å². The number of hydrogen-bond donors (Lipinski definition) is 6. The second-order valence-corrected chi connectivity index (χ2v) is 13.4. The quantitative estimate of drug-likeness (QED) is 0.132. The second-order valence-electron chi connectivity index (χ2n) is 9.94. The summed E-state index contributed by atoms with van der Waals surface area (Å²) in [7, 11) is -9.55. The van der Waals surface area contributed by atoms with Crippen LogP contribution in [0.4, 0.5) is 11.6 Å². The van der Waals surface area contributed by atoms with Crippen LogP contribution in [0.3, 0.4) is 0 Å². The summed E-state index contributed by atoms with van der Waals surface area (Å²) in [4.78, 5) is 45.5. The molecule has 3 aliphatic rings. The van der Waals surface area contributed by atoms with Crippen LogP contribution in [0.5, 0.6) is 0 Å². The van der Waals surface area contributed by atoms with Crippen molar-refractivity contribution in [3.8, 4) is 0 Å². The van der Waals surface area contributed by atoms with E-state index in [1.165, 1.54) is 21.8 Å². The number of anilines is 2. The molecule has 0 saturated carbocycles. The Morgan fingerprint density at radius 3 is 1.80 bits per heavy atom. The summed E-state index contributed by atoms with van der Waals surface area (Å²) in [6.07, 6.45) is -10.3. The minimum absolute atomic E-state index is 0.0329. The molecule has 0 amide bonds. The Balaban J connectivity index is 1.20. The molecule has 236 valence electrons. The first-order valence-electron chi connectivity index (χ1n) is 12.7. The Bertz CT molecular complexity index is 1820. The molecule has 8 N–H and O–H groups in total. The predicted molar refractivity (Wildman–Crippen MR) is 141 cm³/mol. The van der Waals surface area contributed by atoms with Gasteiger partial charge < -0.3 is 50.4 Å². The molecule has 4 aromatic heterocycles. The van der Waals surface area contributed by atoms with Gasteiger partial charge in [0.1, 0.15) is 48.1 Å². The summed E-state index contributed by atoms with van der Waals surface area (Å²) >= 11 is 0. The molecule has 7 heterocycles. The van der Waals surface area contributed by atoms with Gasteiger partial charge in [0.05, 0.1) is 12.7 Å². The Morgan fingerprint density at radius 1 is 0.705 bits per heavy atom. The van der Waals surface area contributed by atoms with E-state index in [1.54, 1.807) is 0 Å². The van der Waals surface area contributed by atoms with Crippen molar-refractivity contribution in [3.05, 3.63) is 25.3 Å². The SMILES string of the molecule is Nc1ncnc2c1ncn2[C@@H]1O[C@@H]2OCP(=O)(O)O[C@@H]3[C@H](O)[C@@H](OCP(=O)(O)O[C@H]2[C@H]1O)O[C@H]3n1cnc2c(N)ncnc21. The van der Waals surface area contributed by atoms with Crippen LogP contribution in [-0.2, 0) is 37.1 Å². The maximum Gasteiger partial charge on any atom is 0.354 e. The highest BCUT2D eigenvalue weighted by Gasteiger charge is 2.54. The van der Waals surface area contributed by atoms with E-state index in [9.17, 15) is 29.1 Å². The molecule has 24 heteroatoms. The zero-order valence-corrected chi connectivity index (χ0v) is 23.8. The van der Waals surface area contributed by atoms with Gasteiger partial charge >= 0.3 is 15.2 Å². The third-order valence-corrected chi connectivity index (χ3v) is 9.14. The van der Waals surface area contributed by atoms with E-state index in [4.69, 9.17) is 39.5 Å². The lowest BCUT2D eigenvalue weighted by atomic mass is 10.2. The van der Waals surface area contributed by atoms with Crippen LogP contribution >= 0.6 is 15.2 Å². The molecular weight excluding hydrogens is 634 g/mol. The predicted octanol–water partition coefficient (Wildman–Crippen LogP) is -1.63. The summed E-state index contributed by atoms with van der Waals surface area (Å²) in [6, 6.07) is 0. The molecular formula is C20H24N10O12P2. The summed E-state index contributed by atoms with van der Waals surface area (Å²) in [5.41, 5.74) is 12.3. The van der Waals surface area contributed by atoms with Gasteiger partial charge in [-0.25, -0.2) is 29.9 Å². The maximum absolute atomic E-state index is 13.3. The van der Waals surface area contributed by atoms with E-state index in [-0.39, 0.29) is 34.0 Å². The molecule has 0 aliphatic carbocycles. The normalized spacial score (nSPS) is 38.3. The van der Waals surface area contributed by atoms with Crippen LogP contribution in [0, 0.1) is 0 Å². The van der Waals surface area contributed by atoms with Crippen molar-refractivity contribution in [2.75, 3.05) is 24.2 Å². The number of imidazole rings is 2. The average molecular weight is 658 g/mol. The van der Waals surface area contributed by atoms with Crippen LogP contribution in [0.25, 0.3) is 22.3 Å². The highest BCUT2D eigenvalue weighted by Crippen LogP contribution is 2.53. The number of rotatable bonds is 2. The van der Waals surface area contributed by atoms with Gasteiger partial charge in [-0.2, -0.15) is 0 Å². The molecule has 0 spiro atoms. The third-order valence-electron chi connectivity index (χ3n) is 7.04. The summed E-state index contributed by atoms with van der Waals surface area (Å²) in [5.74, 6) is 0.0779. The van der Waals surface area contributed by atoms with E-state index in [0.29, 0.717) is 0 Å². The fourth-order valence-corrected chi connectivity index (χ4v) is 7.09. The van der Waals surface area contributed by atoms with Crippen molar-refractivity contribution in [3.63, 3.8) is 0 Å². The number of aromatic nitrogens is 8. The van der Waals surface area contributed by atoms with Crippen molar-refractivity contribution >= 4 is 49.2 Å². The van der Waals surface area contributed by atoms with Crippen molar-refractivity contribution in [1.29, 1.82) is 0 Å². The first-order chi connectivity index (χ1) is 20.9. The average Bonchev–Trinajstić information content (AvgIpc) is 3.73. The number of ether oxygens (including phenoxy) is 4. The molecule has 3 aliphatic heterocycles. The van der Waals surface area contributed by atoms with Crippen LogP contribution in [-0.4, -0.2) is 109 Å². The van der Waals surface area contributed by atoms with Crippen molar-refractivity contribution in [2.45, 2.75) is 49.5 Å². The monoisotopic (exact) mass is 658 g/mol. The third kappa shape index (κ3) is 5.04. The van der Waals surface area contributed by atoms with Crippen LogP contribution in [0.15, 0.2) is 25.3 Å². The first kappa shape index (κ1) is 29.5. The van der Waals surface area contributed by atoms with Crippen LogP contribution in [0.2, 0.25) is 0 Å². The number of nitrogens with zero attached hydrogens (tertiary/aromatic N) is 8. The van der Waals surface area contributed by atoms with Crippen LogP contribution in [0.1, 0.15) is 12.5 Å². The first-order valence-corrected chi connectivity index (χ1v) is 16.2. The van der Waals surface area contributed by atoms with Gasteiger partial charge in [0, 0.05) is 0 Å². The summed E-state index contributed by atoms with van der Waals surface area (Å²) < 4.78 is 62.1. The molecule has 0 aromatic carbocycles. The Kier molecular flexibility index (Phi) is 7.16. The van der Waals surface area contributed by atoms with Crippen molar-refractivity contribution in [1.82, 2.24) is 39.0 Å². The standard InChI is InChI=1S/C20H24N10O12P2/c21-13-7-15(25-1-23-13)29(3-27-7)17-9(31)12-20(39-17)38-6-43(33,34)41-11-10(32)19(37-5-44(35,36)42-12)40-18(11)30-4-28-8-14(22)24-2-26-16(8)30/h1-4,9-12,17-20,31-32H,5-6H2,(H,33,34)(H,35,36)(H2,21,23,25)(H2,22,24,26)/t9-,10+,11-,12+,17-,18-,19+,20+/m1/s1. The van der Waals surface area contributed by atoms with E-state index in [2.05, 4.69) is 29.9 Å². The van der Waals surface area contributed by atoms with Crippen molar-refractivity contribution < 1.29 is 57.1 Å². The minimum Gasteiger partial charge on any atom is -0.385 e. The van der Waals surface area contributed by atoms with Gasteiger partial charge in [0.25, 0.3) is 0 Å². The molecule has 10 atom stereocenters. The molecule has 44 heavy (non-hydrogen) atoms. The highest BCUT2D eigenvalue weighted by atomic mass is 31.2. The molecule has 7 rings (SSSR count). The molecule has 22 nitrogen and oxygen atoms in total. The van der Waals surface area contributed by atoms with Gasteiger partial charge in [-0.1, -0.05) is 0 Å². The summed E-state index contributed by atoms with van der Waals surface area (Å²) in [6.45, 7) is 0. The van der Waals surface area contributed by atoms with Crippen LogP contribution < -0.4 is 11.5 Å². The largest absolute Gasteiger partial charge is 0.385 e. The Morgan fingerprint density at radius 2 is 1.20 bits per heavy atom. The highest BCUT2D eigenvalue weighted by molar-refractivity contribution is 7.52. The zero-order valence-electron chi connectivity index (χ0n) is 22.0. The fourth-order valence-electron chi connectivity index (χ4n) is 5.08. The maximum atomic E-state index is 13.3. The lowest BCUT2D eigenvalue weighted by molar-refractivity contribution is -0.174. The molecule has 3 saturated heterocycles. The van der Waals surface area contributed by atoms with Gasteiger partial charge in [-0.15, -0.1) is 0 Å². The Labute approximate surface area is 244 Å². The fraction of sp³-hybridized carbons (Fsp3) is 0.500. The topological polar surface area (TPSA) is 310 Å². The molecule has 4 aromatic rings. The van der Waals surface area contributed by atoms with E-state index >= 15 is 0 Å². The number of aliphatic hydroxyl groups is 2. The number of aliphatic hydroxyl groups excluding tert-OH is 2. The molecule has 2 unspecified atom stereocenters. The Hall–Kier alpha value is -3.24. The van der Waals surface area contributed by atoms with E-state index in [1.807, 2.05) is 0 Å². The van der Waals surface area contributed by atoms with Gasteiger partial charge in [-0.05, 0) is 0 Å². The van der Waals surface area contributed by atoms with Gasteiger partial charge in [-0.3, -0.25) is 27.3 Å². The van der Waals surface area contributed by atoms with Gasteiger partial charge in [0.15, 0.2) is 60.7 Å². The number of fused-ring (bicyclic) bond motifs is 5. The number of nitrogens with two attached hydrogens (primary N) is 2. The number of nitrogen functional groups attached to an aromatic ring is 2. The minimum atomic E-state index is -4.79. The van der Waals surface area contributed by atoms with Gasteiger partial charge in [0.2, 0.25) is 0 Å². The number of hydrogen-bond acceptors (Lipinski definition) is 18. The second kappa shape index (κ2) is 10.7. The zero-order chi connectivity index (χ0) is 31.0. The molecule has 3 fully saturated rings. The molecule has 0 radical (unpaired) electrons. The smallest absolute Gasteiger partial charge is 0.354 e. The van der Waals surface area contributed by atoms with E-state index < -0.39 is 77.3 Å². The lowest BCUT2D eigenvalue weighted by Gasteiger charge is -2.26. The molecule has 2 bridgehead atoms.